The Bertz CT molecular complexity index is 402. The molecule has 0 heterocycles. The maximum Gasteiger partial charge on any atom is 0.514 e. The van der Waals surface area contributed by atoms with Crippen LogP contribution in [0.4, 0.5) is 4.79 Å². The van der Waals surface area contributed by atoms with Crippen LogP contribution >= 0.6 is 0 Å². The molecule has 0 atom stereocenters. The zero-order valence-corrected chi connectivity index (χ0v) is 8.10. The highest BCUT2D eigenvalue weighted by Gasteiger charge is 2.07. The molecule has 0 saturated heterocycles. The highest BCUT2D eigenvalue weighted by atomic mass is 16.7. The molecule has 3 nitrogen and oxygen atoms in total. The summed E-state index contributed by atoms with van der Waals surface area (Å²) in [5, 5.41) is 0. The first kappa shape index (κ1) is 10.9. The topological polar surface area (TPSA) is 35.5 Å². The average Bonchev–Trinajstić information content (AvgIpc) is 2.27. The van der Waals surface area contributed by atoms with Gasteiger partial charge in [0.1, 0.15) is 5.75 Å². The number of hydrogen-bond acceptors (Lipinski definition) is 3. The molecular weight excluding hydrogens is 192 g/mol. The smallest absolute Gasteiger partial charge is 0.421 e. The molecule has 3 heteroatoms. The van der Waals surface area contributed by atoms with Gasteiger partial charge in [-0.2, -0.15) is 0 Å². The van der Waals surface area contributed by atoms with E-state index in [1.54, 1.807) is 24.3 Å². The third-order valence-electron chi connectivity index (χ3n) is 1.61. The molecule has 1 aromatic rings. The van der Waals surface area contributed by atoms with Gasteiger partial charge in [0.25, 0.3) is 0 Å². The summed E-state index contributed by atoms with van der Waals surface area (Å²) in [5.41, 5.74) is 0.718. The van der Waals surface area contributed by atoms with Gasteiger partial charge in [-0.05, 0) is 6.07 Å². The lowest BCUT2D eigenvalue weighted by Gasteiger charge is -2.05. The minimum absolute atomic E-state index is 0.102. The first-order valence-corrected chi connectivity index (χ1v) is 4.27. The molecule has 0 aliphatic carbocycles. The van der Waals surface area contributed by atoms with Crippen LogP contribution in [0.5, 0.6) is 5.75 Å². The molecule has 0 saturated carbocycles. The van der Waals surface area contributed by atoms with E-state index >= 15 is 0 Å². The normalized spacial score (nSPS) is 8.73. The summed E-state index contributed by atoms with van der Waals surface area (Å²) in [6.07, 6.45) is 5.70. The predicted molar refractivity (Wildman–Crippen MR) is 57.3 cm³/mol. The Morgan fingerprint density at radius 2 is 2.27 bits per heavy atom. The molecule has 0 bridgehead atoms. The SMILES string of the molecule is C#CCOC(=O)Oc1ccccc1C=C. The fraction of sp³-hybridized carbons (Fsp3) is 0.0833. The number of terminal acetylenes is 1. The van der Waals surface area contributed by atoms with Crippen molar-refractivity contribution in [1.82, 2.24) is 0 Å². The fourth-order valence-corrected chi connectivity index (χ4v) is 0.962. The molecule has 15 heavy (non-hydrogen) atoms. The van der Waals surface area contributed by atoms with E-state index in [9.17, 15) is 4.79 Å². The molecule has 0 radical (unpaired) electrons. The van der Waals surface area contributed by atoms with Crippen molar-refractivity contribution < 1.29 is 14.3 Å². The number of benzene rings is 1. The average molecular weight is 202 g/mol. The number of para-hydroxylation sites is 1. The lowest BCUT2D eigenvalue weighted by atomic mass is 10.2. The Morgan fingerprint density at radius 1 is 1.53 bits per heavy atom. The van der Waals surface area contributed by atoms with Crippen molar-refractivity contribution >= 4 is 12.2 Å². The molecule has 0 unspecified atom stereocenters. The molecule has 0 aliphatic heterocycles. The van der Waals surface area contributed by atoms with Crippen LogP contribution in [0.25, 0.3) is 6.08 Å². The minimum atomic E-state index is -0.817. The Balaban J connectivity index is 2.68. The summed E-state index contributed by atoms with van der Waals surface area (Å²) in [6, 6.07) is 6.98. The Kier molecular flexibility index (Phi) is 3.99. The maximum absolute atomic E-state index is 11.1. The zero-order chi connectivity index (χ0) is 11.1. The molecule has 1 rings (SSSR count). The molecule has 0 aliphatic rings. The highest BCUT2D eigenvalue weighted by Crippen LogP contribution is 2.19. The monoisotopic (exact) mass is 202 g/mol. The Hall–Kier alpha value is -2.21. The van der Waals surface area contributed by atoms with Crippen LogP contribution in [0.1, 0.15) is 5.56 Å². The third kappa shape index (κ3) is 3.20. The zero-order valence-electron chi connectivity index (χ0n) is 8.10. The van der Waals surface area contributed by atoms with Crippen molar-refractivity contribution in [2.75, 3.05) is 6.61 Å². The summed E-state index contributed by atoms with van der Waals surface area (Å²) in [4.78, 5) is 11.1. The summed E-state index contributed by atoms with van der Waals surface area (Å²) >= 11 is 0. The van der Waals surface area contributed by atoms with Gasteiger partial charge in [-0.3, -0.25) is 0 Å². The number of rotatable bonds is 3. The van der Waals surface area contributed by atoms with Gasteiger partial charge in [0.15, 0.2) is 6.61 Å². The maximum atomic E-state index is 11.1. The molecule has 0 aromatic heterocycles. The van der Waals surface area contributed by atoms with E-state index in [0.29, 0.717) is 5.75 Å². The van der Waals surface area contributed by atoms with E-state index in [-0.39, 0.29) is 6.61 Å². The second kappa shape index (κ2) is 5.51. The van der Waals surface area contributed by atoms with Crippen molar-refractivity contribution in [3.05, 3.63) is 36.4 Å². The van der Waals surface area contributed by atoms with Crippen LogP contribution in [0.2, 0.25) is 0 Å². The number of carbonyl (C=O) groups is 1. The highest BCUT2D eigenvalue weighted by molar-refractivity contribution is 5.67. The summed E-state index contributed by atoms with van der Waals surface area (Å²) in [7, 11) is 0. The molecule has 0 fully saturated rings. The van der Waals surface area contributed by atoms with E-state index in [4.69, 9.17) is 11.2 Å². The van der Waals surface area contributed by atoms with Crippen molar-refractivity contribution in [3.8, 4) is 18.1 Å². The molecular formula is C12H10O3. The van der Waals surface area contributed by atoms with Crippen LogP contribution < -0.4 is 4.74 Å². The van der Waals surface area contributed by atoms with Gasteiger partial charge in [0, 0.05) is 5.56 Å². The molecule has 0 amide bonds. The van der Waals surface area contributed by atoms with Crippen molar-refractivity contribution in [3.63, 3.8) is 0 Å². The van der Waals surface area contributed by atoms with Crippen molar-refractivity contribution in [2.45, 2.75) is 0 Å². The van der Waals surface area contributed by atoms with Crippen molar-refractivity contribution in [1.29, 1.82) is 0 Å². The van der Waals surface area contributed by atoms with Crippen LogP contribution in [-0.4, -0.2) is 12.8 Å². The summed E-state index contributed by atoms with van der Waals surface area (Å²) < 4.78 is 9.47. The van der Waals surface area contributed by atoms with Gasteiger partial charge in [-0.15, -0.1) is 6.42 Å². The molecule has 76 valence electrons. The third-order valence-corrected chi connectivity index (χ3v) is 1.61. The summed E-state index contributed by atoms with van der Waals surface area (Å²) in [5.74, 6) is 2.57. The van der Waals surface area contributed by atoms with E-state index in [0.717, 1.165) is 5.56 Å². The lowest BCUT2D eigenvalue weighted by molar-refractivity contribution is 0.111. The van der Waals surface area contributed by atoms with Gasteiger partial charge in [0.05, 0.1) is 0 Å². The fourth-order valence-electron chi connectivity index (χ4n) is 0.962. The summed E-state index contributed by atoms with van der Waals surface area (Å²) in [6.45, 7) is 3.49. The number of carbonyl (C=O) groups excluding carboxylic acids is 1. The van der Waals surface area contributed by atoms with E-state index in [2.05, 4.69) is 17.2 Å². The molecule has 0 N–H and O–H groups in total. The molecule has 1 aromatic carbocycles. The van der Waals surface area contributed by atoms with Crippen molar-refractivity contribution in [2.24, 2.45) is 0 Å². The largest absolute Gasteiger partial charge is 0.514 e. The Labute approximate surface area is 88.3 Å². The van der Waals surface area contributed by atoms with Gasteiger partial charge < -0.3 is 9.47 Å². The quantitative estimate of drug-likeness (QED) is 0.429. The van der Waals surface area contributed by atoms with E-state index in [1.165, 1.54) is 0 Å². The van der Waals surface area contributed by atoms with Crippen LogP contribution in [0.15, 0.2) is 30.8 Å². The van der Waals surface area contributed by atoms with Crippen LogP contribution in [-0.2, 0) is 4.74 Å². The number of hydrogen-bond donors (Lipinski definition) is 0. The van der Waals surface area contributed by atoms with E-state index in [1.807, 2.05) is 6.07 Å². The second-order valence-corrected chi connectivity index (χ2v) is 2.59. The number of ether oxygens (including phenoxy) is 2. The Morgan fingerprint density at radius 3 is 2.93 bits per heavy atom. The lowest BCUT2D eigenvalue weighted by Crippen LogP contribution is -2.11. The van der Waals surface area contributed by atoms with Gasteiger partial charge in [-0.1, -0.05) is 36.8 Å². The van der Waals surface area contributed by atoms with Crippen LogP contribution in [0.3, 0.4) is 0 Å². The minimum Gasteiger partial charge on any atom is -0.421 e. The van der Waals surface area contributed by atoms with Gasteiger partial charge in [0.2, 0.25) is 0 Å². The standard InChI is InChI=1S/C12H10O3/c1-3-9-14-12(13)15-11-8-6-5-7-10(11)4-2/h1,4-8H,2,9H2. The first-order chi connectivity index (χ1) is 7.27. The second-order valence-electron chi connectivity index (χ2n) is 2.59. The predicted octanol–water partition coefficient (Wildman–Crippen LogP) is 2.48. The van der Waals surface area contributed by atoms with E-state index < -0.39 is 6.16 Å². The van der Waals surface area contributed by atoms with Gasteiger partial charge in [-0.25, -0.2) is 4.79 Å². The van der Waals surface area contributed by atoms with Crippen LogP contribution in [0, 0.1) is 12.3 Å². The van der Waals surface area contributed by atoms with Gasteiger partial charge >= 0.3 is 6.16 Å². The first-order valence-electron chi connectivity index (χ1n) is 4.27. The molecule has 0 spiro atoms.